The van der Waals surface area contributed by atoms with Crippen molar-refractivity contribution in [2.45, 2.75) is 25.0 Å². The van der Waals surface area contributed by atoms with Gasteiger partial charge < -0.3 is 5.11 Å². The minimum atomic E-state index is -0.343. The number of rotatable bonds is 4. The molecule has 1 fully saturated rings. The Morgan fingerprint density at radius 3 is 2.80 bits per heavy atom. The number of fused-ring (bicyclic) bond motifs is 1. The molecule has 0 aliphatic carbocycles. The zero-order valence-corrected chi connectivity index (χ0v) is 14.3. The maximum absolute atomic E-state index is 10.7. The Labute approximate surface area is 148 Å². The third-order valence-electron chi connectivity index (χ3n) is 5.12. The fourth-order valence-corrected chi connectivity index (χ4v) is 3.79. The van der Waals surface area contributed by atoms with E-state index >= 15 is 0 Å². The minimum absolute atomic E-state index is 0.205. The average Bonchev–Trinajstić information content (AvgIpc) is 3.09. The average molecular weight is 333 g/mol. The molecule has 2 aromatic carbocycles. The number of aliphatic hydroxyl groups is 1. The largest absolute Gasteiger partial charge is 0.391 e. The number of likely N-dealkylation sites (tertiary alicyclic amines) is 1. The van der Waals surface area contributed by atoms with E-state index in [1.165, 1.54) is 16.3 Å². The molecule has 1 aliphatic rings. The molecule has 25 heavy (non-hydrogen) atoms. The lowest BCUT2D eigenvalue weighted by atomic mass is 9.86. The predicted octanol–water partition coefficient (Wildman–Crippen LogP) is 3.49. The Morgan fingerprint density at radius 2 is 2.04 bits per heavy atom. The van der Waals surface area contributed by atoms with Crippen molar-refractivity contribution < 1.29 is 5.11 Å². The van der Waals surface area contributed by atoms with Crippen LogP contribution in [0, 0.1) is 0 Å². The van der Waals surface area contributed by atoms with Gasteiger partial charge in [-0.3, -0.25) is 4.90 Å². The summed E-state index contributed by atoms with van der Waals surface area (Å²) in [5.74, 6) is 0.205. The van der Waals surface area contributed by atoms with Gasteiger partial charge >= 0.3 is 0 Å². The molecular weight excluding hydrogens is 310 g/mol. The summed E-state index contributed by atoms with van der Waals surface area (Å²) in [6, 6.07) is 14.9. The number of piperidine rings is 1. The molecule has 128 valence electrons. The maximum atomic E-state index is 10.7. The smallest absolute Gasteiger partial charge is 0.0736 e. The summed E-state index contributed by atoms with van der Waals surface area (Å²) < 4.78 is 1.72. The molecule has 0 unspecified atom stereocenters. The van der Waals surface area contributed by atoms with Crippen molar-refractivity contribution in [2.24, 2.45) is 0 Å². The predicted molar refractivity (Wildman–Crippen MR) is 101 cm³/mol. The SMILES string of the molecule is C=Cn1cc(CN2CC[C@@H](c3ccc4ccccc4c3)[C@H](O)C2)cn1. The first-order chi connectivity index (χ1) is 12.2. The molecule has 2 heterocycles. The van der Waals surface area contributed by atoms with Gasteiger partial charge in [0.1, 0.15) is 0 Å². The highest BCUT2D eigenvalue weighted by molar-refractivity contribution is 5.83. The van der Waals surface area contributed by atoms with Crippen LogP contribution in [0.25, 0.3) is 17.0 Å². The first-order valence-electron chi connectivity index (χ1n) is 8.77. The van der Waals surface area contributed by atoms with Gasteiger partial charge in [0.15, 0.2) is 0 Å². The highest BCUT2D eigenvalue weighted by Crippen LogP contribution is 2.31. The summed E-state index contributed by atoms with van der Waals surface area (Å²) >= 11 is 0. The molecule has 0 radical (unpaired) electrons. The number of aromatic nitrogens is 2. The Hall–Kier alpha value is -2.43. The van der Waals surface area contributed by atoms with E-state index in [2.05, 4.69) is 59.0 Å². The van der Waals surface area contributed by atoms with Crippen LogP contribution in [-0.2, 0) is 6.54 Å². The summed E-state index contributed by atoms with van der Waals surface area (Å²) in [6.45, 7) is 6.20. The molecule has 3 aromatic rings. The normalized spacial score (nSPS) is 21.5. The van der Waals surface area contributed by atoms with Crippen molar-refractivity contribution in [3.63, 3.8) is 0 Å². The Bertz CT molecular complexity index is 885. The molecule has 0 saturated carbocycles. The number of hydrogen-bond donors (Lipinski definition) is 1. The van der Waals surface area contributed by atoms with Crippen LogP contribution >= 0.6 is 0 Å². The van der Waals surface area contributed by atoms with Gasteiger partial charge in [-0.15, -0.1) is 0 Å². The molecule has 4 rings (SSSR count). The van der Waals surface area contributed by atoms with E-state index in [1.807, 2.05) is 12.4 Å². The number of β-amino-alcohol motifs (C(OH)–C–C–N with tert-alkyl or cyclic N) is 1. The Morgan fingerprint density at radius 1 is 1.20 bits per heavy atom. The van der Waals surface area contributed by atoms with Crippen LogP contribution in [0.15, 0.2) is 61.4 Å². The van der Waals surface area contributed by atoms with Crippen molar-refractivity contribution >= 4 is 17.0 Å². The van der Waals surface area contributed by atoms with Crippen LogP contribution in [0.2, 0.25) is 0 Å². The Kier molecular flexibility index (Phi) is 4.38. The highest BCUT2D eigenvalue weighted by atomic mass is 16.3. The van der Waals surface area contributed by atoms with Crippen molar-refractivity contribution in [2.75, 3.05) is 13.1 Å². The zero-order valence-electron chi connectivity index (χ0n) is 14.3. The van der Waals surface area contributed by atoms with E-state index in [9.17, 15) is 5.11 Å². The van der Waals surface area contributed by atoms with Gasteiger partial charge in [0.05, 0.1) is 12.3 Å². The van der Waals surface area contributed by atoms with Crippen LogP contribution in [0.4, 0.5) is 0 Å². The van der Waals surface area contributed by atoms with Gasteiger partial charge in [0, 0.05) is 37.0 Å². The van der Waals surface area contributed by atoms with Gasteiger partial charge in [-0.05, 0) is 29.3 Å². The molecule has 4 heteroatoms. The van der Waals surface area contributed by atoms with Crippen molar-refractivity contribution in [1.29, 1.82) is 0 Å². The molecule has 0 spiro atoms. The van der Waals surface area contributed by atoms with Gasteiger partial charge in [-0.1, -0.05) is 49.0 Å². The lowest BCUT2D eigenvalue weighted by Crippen LogP contribution is -2.42. The van der Waals surface area contributed by atoms with Crippen LogP contribution in [0.1, 0.15) is 23.5 Å². The fraction of sp³-hybridized carbons (Fsp3) is 0.286. The number of benzene rings is 2. The molecule has 2 atom stereocenters. The highest BCUT2D eigenvalue weighted by Gasteiger charge is 2.29. The van der Waals surface area contributed by atoms with E-state index in [4.69, 9.17) is 0 Å². The molecule has 0 amide bonds. The molecule has 1 N–H and O–H groups in total. The fourth-order valence-electron chi connectivity index (χ4n) is 3.79. The van der Waals surface area contributed by atoms with E-state index in [-0.39, 0.29) is 12.0 Å². The second-order valence-corrected chi connectivity index (χ2v) is 6.82. The molecule has 0 bridgehead atoms. The van der Waals surface area contributed by atoms with Crippen LogP contribution in [0.3, 0.4) is 0 Å². The van der Waals surface area contributed by atoms with Crippen LogP contribution in [0.5, 0.6) is 0 Å². The van der Waals surface area contributed by atoms with E-state index in [0.29, 0.717) is 6.54 Å². The monoisotopic (exact) mass is 333 g/mol. The van der Waals surface area contributed by atoms with E-state index in [0.717, 1.165) is 25.1 Å². The maximum Gasteiger partial charge on any atom is 0.0736 e. The molecule has 1 aliphatic heterocycles. The summed E-state index contributed by atoms with van der Waals surface area (Å²) in [6.07, 6.45) is 6.15. The summed E-state index contributed by atoms with van der Waals surface area (Å²) in [5, 5.41) is 17.4. The van der Waals surface area contributed by atoms with Gasteiger partial charge in [-0.25, -0.2) is 4.68 Å². The van der Waals surface area contributed by atoms with Crippen molar-refractivity contribution in [3.8, 4) is 0 Å². The topological polar surface area (TPSA) is 41.3 Å². The van der Waals surface area contributed by atoms with Crippen molar-refractivity contribution in [3.05, 3.63) is 72.6 Å². The van der Waals surface area contributed by atoms with Crippen molar-refractivity contribution in [1.82, 2.24) is 14.7 Å². The van der Waals surface area contributed by atoms with Gasteiger partial charge in [0.2, 0.25) is 0 Å². The summed E-state index contributed by atoms with van der Waals surface area (Å²) in [4.78, 5) is 2.30. The van der Waals surface area contributed by atoms with E-state index < -0.39 is 0 Å². The lowest BCUT2D eigenvalue weighted by molar-refractivity contribution is 0.0477. The number of aliphatic hydroxyl groups excluding tert-OH is 1. The Balaban J connectivity index is 1.45. The minimum Gasteiger partial charge on any atom is -0.391 e. The van der Waals surface area contributed by atoms with Gasteiger partial charge in [-0.2, -0.15) is 5.10 Å². The second-order valence-electron chi connectivity index (χ2n) is 6.82. The molecular formula is C21H23N3O. The quantitative estimate of drug-likeness (QED) is 0.795. The number of hydrogen-bond acceptors (Lipinski definition) is 3. The standard InChI is InChI=1S/C21H23N3O/c1-2-24-14-16(12-22-24)13-23-10-9-20(21(25)15-23)19-8-7-17-5-3-4-6-18(17)11-19/h2-8,11-12,14,20-21,25H,1,9-10,13,15H2/t20-,21+/m0/s1. The third kappa shape index (κ3) is 3.36. The zero-order chi connectivity index (χ0) is 17.2. The van der Waals surface area contributed by atoms with Crippen LogP contribution < -0.4 is 0 Å². The van der Waals surface area contributed by atoms with Crippen LogP contribution in [-0.4, -0.2) is 39.0 Å². The van der Waals surface area contributed by atoms with E-state index in [1.54, 1.807) is 10.9 Å². The molecule has 1 saturated heterocycles. The second kappa shape index (κ2) is 6.82. The number of nitrogens with zero attached hydrogens (tertiary/aromatic N) is 3. The summed E-state index contributed by atoms with van der Waals surface area (Å²) in [5.41, 5.74) is 2.39. The lowest BCUT2D eigenvalue weighted by Gasteiger charge is -2.36. The molecule has 1 aromatic heterocycles. The molecule has 4 nitrogen and oxygen atoms in total. The first-order valence-corrected chi connectivity index (χ1v) is 8.77. The summed E-state index contributed by atoms with van der Waals surface area (Å²) in [7, 11) is 0. The van der Waals surface area contributed by atoms with Gasteiger partial charge in [0.25, 0.3) is 0 Å². The third-order valence-corrected chi connectivity index (χ3v) is 5.12. The first kappa shape index (κ1) is 16.1.